The Bertz CT molecular complexity index is 1010. The number of nitrogen functional groups attached to an aromatic ring is 1. The van der Waals surface area contributed by atoms with E-state index in [4.69, 9.17) is 5.73 Å². The Morgan fingerprint density at radius 3 is 2.81 bits per heavy atom. The van der Waals surface area contributed by atoms with Gasteiger partial charge in [-0.3, -0.25) is 14.4 Å². The van der Waals surface area contributed by atoms with Gasteiger partial charge in [-0.05, 0) is 61.0 Å². The molecule has 1 aromatic heterocycles. The van der Waals surface area contributed by atoms with Gasteiger partial charge in [0.25, 0.3) is 5.91 Å². The molecule has 1 fully saturated rings. The van der Waals surface area contributed by atoms with Crippen LogP contribution in [0.5, 0.6) is 0 Å². The van der Waals surface area contributed by atoms with E-state index >= 15 is 0 Å². The maximum atomic E-state index is 13.1. The van der Waals surface area contributed by atoms with E-state index in [9.17, 15) is 14.4 Å². The van der Waals surface area contributed by atoms with Crippen LogP contribution in [0.3, 0.4) is 0 Å². The van der Waals surface area contributed by atoms with Crippen molar-refractivity contribution in [1.29, 1.82) is 0 Å². The predicted octanol–water partition coefficient (Wildman–Crippen LogP) is 2.35. The van der Waals surface area contributed by atoms with E-state index in [0.29, 0.717) is 48.6 Å². The van der Waals surface area contributed by atoms with Crippen molar-refractivity contribution in [3.63, 3.8) is 0 Å². The molecule has 8 heteroatoms. The molecule has 32 heavy (non-hydrogen) atoms. The van der Waals surface area contributed by atoms with Crippen molar-refractivity contribution >= 4 is 29.2 Å². The Balaban J connectivity index is 1.74. The number of nitrogens with zero attached hydrogens (tertiary/aromatic N) is 2. The summed E-state index contributed by atoms with van der Waals surface area (Å²) in [7, 11) is 0. The molecule has 0 radical (unpaired) electrons. The summed E-state index contributed by atoms with van der Waals surface area (Å²) in [4.78, 5) is 43.4. The summed E-state index contributed by atoms with van der Waals surface area (Å²) in [5, 5.41) is 5.43. The lowest BCUT2D eigenvalue weighted by Gasteiger charge is -2.38. The maximum absolute atomic E-state index is 13.1. The van der Waals surface area contributed by atoms with Crippen molar-refractivity contribution in [2.45, 2.75) is 46.1 Å². The lowest BCUT2D eigenvalue weighted by molar-refractivity contribution is -0.145. The number of rotatable bonds is 5. The zero-order valence-electron chi connectivity index (χ0n) is 18.9. The Labute approximate surface area is 188 Å². The van der Waals surface area contributed by atoms with Crippen LogP contribution in [0, 0.1) is 5.92 Å². The topological polar surface area (TPSA) is 117 Å². The van der Waals surface area contributed by atoms with Crippen molar-refractivity contribution in [3.8, 4) is 0 Å². The normalized spacial score (nSPS) is 21.1. The number of likely N-dealkylation sites (tertiary alicyclic amines) is 1. The minimum Gasteiger partial charge on any atom is -0.383 e. The number of anilines is 2. The van der Waals surface area contributed by atoms with Crippen LogP contribution in [0.15, 0.2) is 47.7 Å². The molecule has 0 aromatic carbocycles. The third-order valence-corrected chi connectivity index (χ3v) is 6.02. The number of aromatic nitrogens is 1. The number of carbonyl (C=O) groups is 3. The first-order chi connectivity index (χ1) is 15.2. The van der Waals surface area contributed by atoms with Gasteiger partial charge in [-0.2, -0.15) is 0 Å². The second-order valence-electron chi connectivity index (χ2n) is 8.52. The highest BCUT2D eigenvalue weighted by molar-refractivity contribution is 6.39. The average Bonchev–Trinajstić information content (AvgIpc) is 3.09. The summed E-state index contributed by atoms with van der Waals surface area (Å²) in [5.74, 6) is -0.760. The van der Waals surface area contributed by atoms with Gasteiger partial charge in [0.05, 0.1) is 17.9 Å². The molecule has 3 heterocycles. The number of hydrogen-bond acceptors (Lipinski definition) is 5. The molecular weight excluding hydrogens is 406 g/mol. The van der Waals surface area contributed by atoms with Crippen LogP contribution < -0.4 is 16.4 Å². The van der Waals surface area contributed by atoms with Crippen LogP contribution >= 0.6 is 0 Å². The van der Waals surface area contributed by atoms with Gasteiger partial charge >= 0.3 is 11.8 Å². The molecule has 1 aromatic rings. The maximum Gasteiger partial charge on any atom is 0.313 e. The lowest BCUT2D eigenvalue weighted by atomic mass is 9.89. The van der Waals surface area contributed by atoms with Crippen LogP contribution in [0.4, 0.5) is 11.5 Å². The zero-order chi connectivity index (χ0) is 23.4. The van der Waals surface area contributed by atoms with Crippen molar-refractivity contribution in [2.24, 2.45) is 5.92 Å². The molecule has 0 bridgehead atoms. The number of carbonyl (C=O) groups excluding carboxylic acids is 3. The third kappa shape index (κ3) is 5.07. The fourth-order valence-corrected chi connectivity index (χ4v) is 4.07. The van der Waals surface area contributed by atoms with Gasteiger partial charge in [-0.1, -0.05) is 26.5 Å². The Morgan fingerprint density at radius 2 is 2.16 bits per heavy atom. The Morgan fingerprint density at radius 1 is 1.41 bits per heavy atom. The van der Waals surface area contributed by atoms with Crippen molar-refractivity contribution < 1.29 is 14.4 Å². The van der Waals surface area contributed by atoms with Crippen LogP contribution in [0.25, 0.3) is 0 Å². The van der Waals surface area contributed by atoms with Gasteiger partial charge in [0.15, 0.2) is 0 Å². The summed E-state index contributed by atoms with van der Waals surface area (Å²) in [6.45, 7) is 11.0. The second kappa shape index (κ2) is 9.80. The fraction of sp³-hybridized carbons (Fsp3) is 0.417. The number of nitrogens with two attached hydrogens (primary N) is 1. The highest BCUT2D eigenvalue weighted by Crippen LogP contribution is 2.27. The van der Waals surface area contributed by atoms with Gasteiger partial charge in [0, 0.05) is 18.7 Å². The summed E-state index contributed by atoms with van der Waals surface area (Å²) in [5.41, 5.74) is 9.34. The second-order valence-corrected chi connectivity index (χ2v) is 8.52. The number of amides is 3. The van der Waals surface area contributed by atoms with Gasteiger partial charge in [0.1, 0.15) is 5.82 Å². The van der Waals surface area contributed by atoms with Crippen LogP contribution in [-0.2, 0) is 20.8 Å². The molecule has 170 valence electrons. The monoisotopic (exact) mass is 437 g/mol. The third-order valence-electron chi connectivity index (χ3n) is 6.02. The lowest BCUT2D eigenvalue weighted by Crippen LogP contribution is -2.50. The van der Waals surface area contributed by atoms with Gasteiger partial charge < -0.3 is 21.3 Å². The minimum atomic E-state index is -0.719. The molecule has 0 saturated carbocycles. The van der Waals surface area contributed by atoms with E-state index in [-0.39, 0.29) is 17.9 Å². The number of nitrogens with one attached hydrogen (secondary N) is 2. The van der Waals surface area contributed by atoms with Crippen LogP contribution in [-0.4, -0.2) is 46.7 Å². The van der Waals surface area contributed by atoms with Gasteiger partial charge in [-0.15, -0.1) is 0 Å². The molecule has 8 nitrogen and oxygen atoms in total. The predicted molar refractivity (Wildman–Crippen MR) is 125 cm³/mol. The number of aryl methyl sites for hydroxylation is 1. The number of pyridine rings is 1. The van der Waals surface area contributed by atoms with Gasteiger partial charge in [0.2, 0.25) is 0 Å². The number of piperidine rings is 1. The summed E-state index contributed by atoms with van der Waals surface area (Å²) in [6.07, 6.45) is 7.26. The molecule has 0 spiro atoms. The van der Waals surface area contributed by atoms with E-state index in [1.165, 1.54) is 6.20 Å². The molecule has 3 amide bonds. The molecule has 1 saturated heterocycles. The van der Waals surface area contributed by atoms with Gasteiger partial charge in [-0.25, -0.2) is 4.98 Å². The SMILES string of the molecule is C=C(/C=C\C1=C(C)CNC1=O)[C@@H]1CC[C@@H](C)CN1C(=O)C(=O)Nc1cnc(N)c(CC)c1. The Kier molecular flexibility index (Phi) is 7.12. The standard InChI is InChI=1S/C24H31N5O3/c1-5-17-10-18(12-26-21(17)25)28-23(31)24(32)29-13-14(2)6-9-20(29)15(3)7-8-19-16(4)11-27-22(19)30/h7-8,10,12,14,20H,3,5-6,9,11,13H2,1-2,4H3,(H2,25,26)(H,27,30)(H,28,31)/b8-7-/t14-,20+/m1/s1. The molecule has 2 aliphatic heterocycles. The summed E-state index contributed by atoms with van der Waals surface area (Å²) < 4.78 is 0. The first-order valence-electron chi connectivity index (χ1n) is 10.9. The van der Waals surface area contributed by atoms with E-state index in [1.54, 1.807) is 23.1 Å². The highest BCUT2D eigenvalue weighted by Gasteiger charge is 2.34. The van der Waals surface area contributed by atoms with Crippen molar-refractivity contribution in [3.05, 3.63) is 53.3 Å². The summed E-state index contributed by atoms with van der Waals surface area (Å²) >= 11 is 0. The zero-order valence-corrected chi connectivity index (χ0v) is 18.9. The van der Waals surface area contributed by atoms with E-state index in [0.717, 1.165) is 17.6 Å². The van der Waals surface area contributed by atoms with E-state index < -0.39 is 11.8 Å². The Hall–Kier alpha value is -3.42. The van der Waals surface area contributed by atoms with E-state index in [2.05, 4.69) is 29.1 Å². The first kappa shape index (κ1) is 23.2. The van der Waals surface area contributed by atoms with E-state index in [1.807, 2.05) is 13.8 Å². The number of hydrogen-bond donors (Lipinski definition) is 3. The smallest absolute Gasteiger partial charge is 0.313 e. The largest absolute Gasteiger partial charge is 0.383 e. The molecular formula is C24H31N5O3. The molecule has 4 N–H and O–H groups in total. The molecule has 2 aliphatic rings. The quantitative estimate of drug-likeness (QED) is 0.483. The van der Waals surface area contributed by atoms with Crippen LogP contribution in [0.2, 0.25) is 0 Å². The van der Waals surface area contributed by atoms with Crippen molar-refractivity contribution in [2.75, 3.05) is 24.1 Å². The fourth-order valence-electron chi connectivity index (χ4n) is 4.07. The molecule has 2 atom stereocenters. The van der Waals surface area contributed by atoms with Crippen LogP contribution in [0.1, 0.15) is 39.2 Å². The minimum absolute atomic E-state index is 0.111. The highest BCUT2D eigenvalue weighted by atomic mass is 16.2. The molecule has 0 aliphatic carbocycles. The van der Waals surface area contributed by atoms with Crippen molar-refractivity contribution in [1.82, 2.24) is 15.2 Å². The molecule has 3 rings (SSSR count). The molecule has 0 unspecified atom stereocenters. The summed E-state index contributed by atoms with van der Waals surface area (Å²) in [6, 6.07) is 1.43. The first-order valence-corrected chi connectivity index (χ1v) is 10.9. The average molecular weight is 438 g/mol.